The summed E-state index contributed by atoms with van der Waals surface area (Å²) in [4.78, 5) is 16.7. The first kappa shape index (κ1) is 14.9. The number of aryl methyl sites for hydroxylation is 1. The highest BCUT2D eigenvalue weighted by Crippen LogP contribution is 2.35. The third kappa shape index (κ3) is 3.35. The van der Waals surface area contributed by atoms with Gasteiger partial charge in [-0.3, -0.25) is 4.79 Å². The van der Waals surface area contributed by atoms with Gasteiger partial charge in [0.2, 0.25) is 0 Å². The third-order valence-electron chi connectivity index (χ3n) is 2.75. The molecule has 0 saturated heterocycles. The molecule has 0 N–H and O–H groups in total. The van der Waals surface area contributed by atoms with Crippen LogP contribution >= 0.6 is 23.4 Å². The predicted molar refractivity (Wildman–Crippen MR) is 79.4 cm³/mol. The Hall–Kier alpha value is -1.46. The average molecular weight is 311 g/mol. The number of hydrogen-bond donors (Lipinski definition) is 0. The number of nitrogens with zero attached hydrogens (tertiary/aromatic N) is 2. The van der Waals surface area contributed by atoms with Crippen LogP contribution < -0.4 is 4.74 Å². The number of aromatic nitrogens is 2. The molecule has 6 heteroatoms. The number of hydrogen-bond acceptors (Lipinski definition) is 4. The van der Waals surface area contributed by atoms with Crippen LogP contribution in [0.4, 0.5) is 0 Å². The predicted octanol–water partition coefficient (Wildman–Crippen LogP) is 3.85. The summed E-state index contributed by atoms with van der Waals surface area (Å²) in [5.74, 6) is 0.839. The quantitative estimate of drug-likeness (QED) is 0.805. The molecule has 0 aliphatic rings. The van der Waals surface area contributed by atoms with E-state index in [9.17, 15) is 4.79 Å². The summed E-state index contributed by atoms with van der Waals surface area (Å²) in [5.41, 5.74) is 0. The lowest BCUT2D eigenvalue weighted by atomic mass is 10.4. The topological polar surface area (TPSA) is 44.1 Å². The largest absolute Gasteiger partial charge is 0.404 e. The van der Waals surface area contributed by atoms with E-state index in [0.717, 1.165) is 15.7 Å². The van der Waals surface area contributed by atoms with Gasteiger partial charge in [-0.25, -0.2) is 0 Å². The van der Waals surface area contributed by atoms with E-state index in [4.69, 9.17) is 16.3 Å². The second-order valence-electron chi connectivity index (χ2n) is 4.22. The third-order valence-corrected chi connectivity index (χ3v) is 4.11. The molecule has 0 fully saturated rings. The van der Waals surface area contributed by atoms with Crippen molar-refractivity contribution in [3.8, 4) is 5.88 Å². The standard InChI is InChI=1S/C14H15ClN2O2S/c1-4-12(18)19-13-14(17(3)9(2)16-13)20-11-7-5-6-10(15)8-11/h5-8H,4H2,1-3H3. The van der Waals surface area contributed by atoms with E-state index in [2.05, 4.69) is 4.98 Å². The van der Waals surface area contributed by atoms with Crippen LogP contribution in [0.25, 0.3) is 0 Å². The van der Waals surface area contributed by atoms with Gasteiger partial charge in [0, 0.05) is 23.4 Å². The van der Waals surface area contributed by atoms with Crippen LogP contribution in [0.5, 0.6) is 5.88 Å². The van der Waals surface area contributed by atoms with Crippen LogP contribution in [0.3, 0.4) is 0 Å². The van der Waals surface area contributed by atoms with Crippen LogP contribution in [-0.2, 0) is 11.8 Å². The van der Waals surface area contributed by atoms with Crippen LogP contribution in [0.2, 0.25) is 5.02 Å². The zero-order valence-electron chi connectivity index (χ0n) is 11.5. The molecule has 106 valence electrons. The summed E-state index contributed by atoms with van der Waals surface area (Å²) in [6.07, 6.45) is 0.316. The zero-order valence-corrected chi connectivity index (χ0v) is 13.1. The molecule has 2 rings (SSSR count). The molecule has 0 amide bonds. The van der Waals surface area contributed by atoms with E-state index < -0.39 is 0 Å². The van der Waals surface area contributed by atoms with Gasteiger partial charge >= 0.3 is 5.97 Å². The monoisotopic (exact) mass is 310 g/mol. The van der Waals surface area contributed by atoms with Gasteiger partial charge in [0.1, 0.15) is 10.9 Å². The molecular formula is C14H15ClN2O2S. The second-order valence-corrected chi connectivity index (χ2v) is 5.71. The Balaban J connectivity index is 2.32. The first-order valence-electron chi connectivity index (χ1n) is 6.18. The smallest absolute Gasteiger partial charge is 0.312 e. The fraction of sp³-hybridized carbons (Fsp3) is 0.286. The maximum Gasteiger partial charge on any atom is 0.312 e. The van der Waals surface area contributed by atoms with Gasteiger partial charge in [0.15, 0.2) is 0 Å². The molecule has 0 unspecified atom stereocenters. The SMILES string of the molecule is CCC(=O)Oc1nc(C)n(C)c1Sc1cccc(Cl)c1. The highest BCUT2D eigenvalue weighted by Gasteiger charge is 2.17. The fourth-order valence-electron chi connectivity index (χ4n) is 1.56. The van der Waals surface area contributed by atoms with Crippen LogP contribution in [-0.4, -0.2) is 15.5 Å². The van der Waals surface area contributed by atoms with Gasteiger partial charge < -0.3 is 9.30 Å². The maximum atomic E-state index is 11.5. The van der Waals surface area contributed by atoms with Gasteiger partial charge in [0.25, 0.3) is 5.88 Å². The van der Waals surface area contributed by atoms with Crippen molar-refractivity contribution in [3.63, 3.8) is 0 Å². The van der Waals surface area contributed by atoms with Gasteiger partial charge in [-0.05, 0) is 25.1 Å². The molecule has 20 heavy (non-hydrogen) atoms. The Kier molecular flexibility index (Phi) is 4.73. The Labute approximate surface area is 127 Å². The molecule has 1 aromatic heterocycles. The number of benzene rings is 1. The Bertz CT molecular complexity index is 640. The molecule has 1 aromatic carbocycles. The first-order chi connectivity index (χ1) is 9.51. The molecular weight excluding hydrogens is 296 g/mol. The summed E-state index contributed by atoms with van der Waals surface area (Å²) >= 11 is 7.45. The Morgan fingerprint density at radius 2 is 2.25 bits per heavy atom. The van der Waals surface area contributed by atoms with Crippen molar-refractivity contribution in [1.82, 2.24) is 9.55 Å². The lowest BCUT2D eigenvalue weighted by Gasteiger charge is -2.06. The molecule has 0 atom stereocenters. The molecule has 0 bridgehead atoms. The van der Waals surface area contributed by atoms with E-state index in [1.165, 1.54) is 11.8 Å². The summed E-state index contributed by atoms with van der Waals surface area (Å²) < 4.78 is 7.17. The lowest BCUT2D eigenvalue weighted by molar-refractivity contribution is -0.134. The van der Waals surface area contributed by atoms with Crippen molar-refractivity contribution >= 4 is 29.3 Å². The van der Waals surface area contributed by atoms with E-state index in [1.807, 2.05) is 42.8 Å². The normalized spacial score (nSPS) is 10.6. The summed E-state index contributed by atoms with van der Waals surface area (Å²) in [5, 5.41) is 1.45. The summed E-state index contributed by atoms with van der Waals surface area (Å²) in [7, 11) is 1.89. The van der Waals surface area contributed by atoms with Gasteiger partial charge in [-0.1, -0.05) is 36.4 Å². The van der Waals surface area contributed by atoms with Gasteiger partial charge in [0.05, 0.1) is 0 Å². The molecule has 0 spiro atoms. The minimum Gasteiger partial charge on any atom is -0.404 e. The molecule has 2 aromatic rings. The number of carbonyl (C=O) groups excluding carboxylic acids is 1. The summed E-state index contributed by atoms with van der Waals surface area (Å²) in [6, 6.07) is 7.51. The molecule has 0 radical (unpaired) electrons. The molecule has 0 aliphatic carbocycles. The van der Waals surface area contributed by atoms with Crippen molar-refractivity contribution in [2.75, 3.05) is 0 Å². The minimum atomic E-state index is -0.295. The van der Waals surface area contributed by atoms with Crippen molar-refractivity contribution in [3.05, 3.63) is 35.1 Å². The van der Waals surface area contributed by atoms with E-state index in [-0.39, 0.29) is 5.97 Å². The van der Waals surface area contributed by atoms with Crippen molar-refractivity contribution < 1.29 is 9.53 Å². The van der Waals surface area contributed by atoms with Crippen LogP contribution in [0.15, 0.2) is 34.2 Å². The van der Waals surface area contributed by atoms with Gasteiger partial charge in [-0.2, -0.15) is 4.98 Å². The molecule has 4 nitrogen and oxygen atoms in total. The van der Waals surface area contributed by atoms with E-state index in [1.54, 1.807) is 6.92 Å². The second kappa shape index (κ2) is 6.33. The minimum absolute atomic E-state index is 0.295. The van der Waals surface area contributed by atoms with E-state index >= 15 is 0 Å². The number of esters is 1. The average Bonchev–Trinajstić information content (AvgIpc) is 2.66. The molecule has 1 heterocycles. The maximum absolute atomic E-state index is 11.5. The molecule has 0 aliphatic heterocycles. The molecule has 0 saturated carbocycles. The highest BCUT2D eigenvalue weighted by molar-refractivity contribution is 7.99. The number of imidazole rings is 1. The number of ether oxygens (including phenoxy) is 1. The zero-order chi connectivity index (χ0) is 14.7. The Morgan fingerprint density at radius 1 is 1.50 bits per heavy atom. The van der Waals surface area contributed by atoms with Gasteiger partial charge in [-0.15, -0.1) is 0 Å². The highest BCUT2D eigenvalue weighted by atomic mass is 35.5. The fourth-order valence-corrected chi connectivity index (χ4v) is 2.82. The van der Waals surface area contributed by atoms with Crippen LogP contribution in [0, 0.1) is 6.92 Å². The lowest BCUT2D eigenvalue weighted by Crippen LogP contribution is -2.06. The Morgan fingerprint density at radius 3 is 2.90 bits per heavy atom. The van der Waals surface area contributed by atoms with Crippen molar-refractivity contribution in [2.45, 2.75) is 30.2 Å². The number of carbonyl (C=O) groups is 1. The van der Waals surface area contributed by atoms with E-state index in [0.29, 0.717) is 17.3 Å². The van der Waals surface area contributed by atoms with Crippen LogP contribution in [0.1, 0.15) is 19.2 Å². The van der Waals surface area contributed by atoms with Crippen molar-refractivity contribution in [1.29, 1.82) is 0 Å². The number of rotatable bonds is 4. The number of halogens is 1. The first-order valence-corrected chi connectivity index (χ1v) is 7.38. The summed E-state index contributed by atoms with van der Waals surface area (Å²) in [6.45, 7) is 3.62. The van der Waals surface area contributed by atoms with Crippen molar-refractivity contribution in [2.24, 2.45) is 7.05 Å².